The van der Waals surface area contributed by atoms with Crippen LogP contribution in [0.15, 0.2) is 52.2 Å². The number of amides is 1. The fourth-order valence-electron chi connectivity index (χ4n) is 2.32. The molecule has 0 saturated heterocycles. The van der Waals surface area contributed by atoms with Gasteiger partial charge in [-0.2, -0.15) is 0 Å². The van der Waals surface area contributed by atoms with Gasteiger partial charge in [-0.15, -0.1) is 0 Å². The Morgan fingerprint density at radius 1 is 1.17 bits per heavy atom. The minimum atomic E-state index is -0.425. The van der Waals surface area contributed by atoms with Crippen molar-refractivity contribution in [2.75, 3.05) is 6.54 Å². The fraction of sp³-hybridized carbons (Fsp3) is 0.278. The summed E-state index contributed by atoms with van der Waals surface area (Å²) in [5, 5.41) is 2.78. The number of carbonyl (C=O) groups excluding carboxylic acids is 1. The third kappa shape index (κ3) is 4.55. The van der Waals surface area contributed by atoms with E-state index in [-0.39, 0.29) is 5.91 Å². The summed E-state index contributed by atoms with van der Waals surface area (Å²) in [6, 6.07) is 10.1. The van der Waals surface area contributed by atoms with Crippen molar-refractivity contribution < 1.29 is 4.79 Å². The van der Waals surface area contributed by atoms with Gasteiger partial charge in [0.2, 0.25) is 5.91 Å². The molecule has 1 aromatic heterocycles. The summed E-state index contributed by atoms with van der Waals surface area (Å²) in [7, 11) is 2.97. The van der Waals surface area contributed by atoms with Gasteiger partial charge in [0.05, 0.1) is 5.56 Å². The lowest BCUT2D eigenvalue weighted by Crippen LogP contribution is -2.37. The quantitative estimate of drug-likeness (QED) is 0.631. The van der Waals surface area contributed by atoms with E-state index in [1.54, 1.807) is 7.05 Å². The van der Waals surface area contributed by atoms with Gasteiger partial charge in [-0.3, -0.25) is 14.2 Å². The highest BCUT2D eigenvalue weighted by molar-refractivity contribution is 5.91. The van der Waals surface area contributed by atoms with Gasteiger partial charge < -0.3 is 9.88 Å². The zero-order valence-corrected chi connectivity index (χ0v) is 13.9. The van der Waals surface area contributed by atoms with Crippen molar-refractivity contribution in [2.45, 2.75) is 12.8 Å². The number of benzene rings is 1. The van der Waals surface area contributed by atoms with Gasteiger partial charge in [0, 0.05) is 32.9 Å². The first kappa shape index (κ1) is 17.5. The molecule has 1 aromatic carbocycles. The van der Waals surface area contributed by atoms with Crippen molar-refractivity contribution in [1.82, 2.24) is 14.5 Å². The summed E-state index contributed by atoms with van der Waals surface area (Å²) in [6.07, 6.45) is 5.89. The monoisotopic (exact) mass is 327 g/mol. The minimum Gasteiger partial charge on any atom is -0.353 e. The first-order chi connectivity index (χ1) is 11.5. The van der Waals surface area contributed by atoms with Gasteiger partial charge in [-0.1, -0.05) is 30.3 Å². The summed E-state index contributed by atoms with van der Waals surface area (Å²) >= 11 is 0. The number of hydrogen-bond donors (Lipinski definition) is 1. The molecule has 1 amide bonds. The number of nitrogens with zero attached hydrogens (tertiary/aromatic N) is 2. The van der Waals surface area contributed by atoms with Crippen LogP contribution in [0, 0.1) is 0 Å². The number of aromatic nitrogens is 2. The Morgan fingerprint density at radius 3 is 2.58 bits per heavy atom. The molecule has 1 heterocycles. The highest BCUT2D eigenvalue weighted by Crippen LogP contribution is 2.01. The van der Waals surface area contributed by atoms with E-state index in [1.807, 2.05) is 18.2 Å². The highest BCUT2D eigenvalue weighted by atomic mass is 16.2. The molecular weight excluding hydrogens is 306 g/mol. The van der Waals surface area contributed by atoms with Gasteiger partial charge >= 0.3 is 5.69 Å². The van der Waals surface area contributed by atoms with Crippen LogP contribution >= 0.6 is 0 Å². The first-order valence-corrected chi connectivity index (χ1v) is 7.75. The van der Waals surface area contributed by atoms with Gasteiger partial charge in [0.15, 0.2) is 0 Å². The second-order valence-electron chi connectivity index (χ2n) is 5.56. The predicted molar refractivity (Wildman–Crippen MR) is 93.7 cm³/mol. The molecule has 0 saturated carbocycles. The van der Waals surface area contributed by atoms with Crippen LogP contribution in [0.1, 0.15) is 17.5 Å². The molecule has 1 N–H and O–H groups in total. The molecule has 24 heavy (non-hydrogen) atoms. The highest BCUT2D eigenvalue weighted by Gasteiger charge is 2.04. The Balaban J connectivity index is 1.87. The molecule has 6 heteroatoms. The molecule has 0 unspecified atom stereocenters. The van der Waals surface area contributed by atoms with Crippen molar-refractivity contribution in [2.24, 2.45) is 14.1 Å². The molecule has 0 spiro atoms. The standard InChI is InChI=1S/C18H21N3O3/c1-20-13-15(17(23)21(2)18(20)24)10-11-16(22)19-12-6-9-14-7-4-3-5-8-14/h3-5,7-8,10-11,13H,6,9,12H2,1-2H3,(H,19,22)/b11-10+. The minimum absolute atomic E-state index is 0.265. The van der Waals surface area contributed by atoms with E-state index in [1.165, 1.54) is 35.5 Å². The number of hydrogen-bond acceptors (Lipinski definition) is 3. The molecule has 0 bridgehead atoms. The van der Waals surface area contributed by atoms with Crippen LogP contribution in [-0.4, -0.2) is 21.6 Å². The molecule has 0 aliphatic rings. The zero-order valence-electron chi connectivity index (χ0n) is 13.9. The summed E-state index contributed by atoms with van der Waals surface area (Å²) in [5.74, 6) is -0.265. The maximum Gasteiger partial charge on any atom is 0.330 e. The number of carbonyl (C=O) groups is 1. The number of aryl methyl sites for hydroxylation is 2. The number of rotatable bonds is 6. The smallest absolute Gasteiger partial charge is 0.330 e. The lowest BCUT2D eigenvalue weighted by atomic mass is 10.1. The van der Waals surface area contributed by atoms with Crippen molar-refractivity contribution >= 4 is 12.0 Å². The molecule has 6 nitrogen and oxygen atoms in total. The summed E-state index contributed by atoms with van der Waals surface area (Å²) in [4.78, 5) is 35.3. The average Bonchev–Trinajstić information content (AvgIpc) is 2.59. The van der Waals surface area contributed by atoms with Gasteiger partial charge in [0.25, 0.3) is 5.56 Å². The third-order valence-electron chi connectivity index (χ3n) is 3.67. The van der Waals surface area contributed by atoms with Crippen LogP contribution in [0.2, 0.25) is 0 Å². The van der Waals surface area contributed by atoms with Gasteiger partial charge in [-0.05, 0) is 24.5 Å². The van der Waals surface area contributed by atoms with Crippen LogP contribution in [0.4, 0.5) is 0 Å². The molecule has 2 rings (SSSR count). The Bertz CT molecular complexity index is 848. The molecular formula is C18H21N3O3. The normalized spacial score (nSPS) is 10.9. The van der Waals surface area contributed by atoms with Gasteiger partial charge in [-0.25, -0.2) is 4.79 Å². The summed E-state index contributed by atoms with van der Waals surface area (Å²) in [5.41, 5.74) is 0.698. The lowest BCUT2D eigenvalue weighted by molar-refractivity contribution is -0.116. The molecule has 0 aliphatic carbocycles. The van der Waals surface area contributed by atoms with E-state index >= 15 is 0 Å². The van der Waals surface area contributed by atoms with Crippen LogP contribution in [0.25, 0.3) is 6.08 Å². The summed E-state index contributed by atoms with van der Waals surface area (Å²) < 4.78 is 2.32. The Hall–Kier alpha value is -2.89. The van der Waals surface area contributed by atoms with E-state index in [0.717, 1.165) is 17.4 Å². The van der Waals surface area contributed by atoms with E-state index in [9.17, 15) is 14.4 Å². The predicted octanol–water partition coefficient (Wildman–Crippen LogP) is 0.846. The molecule has 0 atom stereocenters. The summed E-state index contributed by atoms with van der Waals surface area (Å²) in [6.45, 7) is 0.559. The molecule has 2 aromatic rings. The fourth-order valence-corrected chi connectivity index (χ4v) is 2.32. The largest absolute Gasteiger partial charge is 0.353 e. The van der Waals surface area contributed by atoms with E-state index < -0.39 is 11.2 Å². The van der Waals surface area contributed by atoms with Crippen LogP contribution in [0.3, 0.4) is 0 Å². The second kappa shape index (κ2) is 8.10. The van der Waals surface area contributed by atoms with Crippen LogP contribution in [-0.2, 0) is 25.3 Å². The average molecular weight is 327 g/mol. The lowest BCUT2D eigenvalue weighted by Gasteiger charge is -2.04. The molecule has 0 radical (unpaired) electrons. The molecule has 126 valence electrons. The zero-order chi connectivity index (χ0) is 17.5. The molecule has 0 aliphatic heterocycles. The first-order valence-electron chi connectivity index (χ1n) is 7.75. The van der Waals surface area contributed by atoms with E-state index in [2.05, 4.69) is 17.4 Å². The van der Waals surface area contributed by atoms with E-state index in [0.29, 0.717) is 12.1 Å². The van der Waals surface area contributed by atoms with Crippen LogP contribution in [0.5, 0.6) is 0 Å². The second-order valence-corrected chi connectivity index (χ2v) is 5.56. The molecule has 0 fully saturated rings. The third-order valence-corrected chi connectivity index (χ3v) is 3.67. The Labute approximate surface area is 140 Å². The SMILES string of the molecule is Cn1cc(/C=C/C(=O)NCCCc2ccccc2)c(=O)n(C)c1=O. The maximum absolute atomic E-state index is 11.9. The van der Waals surface area contributed by atoms with Gasteiger partial charge in [0.1, 0.15) is 0 Å². The van der Waals surface area contributed by atoms with Crippen molar-refractivity contribution in [1.29, 1.82) is 0 Å². The number of nitrogens with one attached hydrogen (secondary N) is 1. The van der Waals surface area contributed by atoms with Crippen LogP contribution < -0.4 is 16.6 Å². The Kier molecular flexibility index (Phi) is 5.89. The van der Waals surface area contributed by atoms with Crippen molar-refractivity contribution in [3.8, 4) is 0 Å². The maximum atomic E-state index is 11.9. The van der Waals surface area contributed by atoms with Crippen molar-refractivity contribution in [3.63, 3.8) is 0 Å². The topological polar surface area (TPSA) is 73.1 Å². The van der Waals surface area contributed by atoms with E-state index in [4.69, 9.17) is 0 Å². The Morgan fingerprint density at radius 2 is 1.88 bits per heavy atom. The van der Waals surface area contributed by atoms with Crippen molar-refractivity contribution in [3.05, 3.63) is 74.6 Å².